The van der Waals surface area contributed by atoms with Crippen LogP contribution in [-0.2, 0) is 4.79 Å². The lowest BCUT2D eigenvalue weighted by atomic mass is 10.1. The minimum absolute atomic E-state index is 0.117. The zero-order chi connectivity index (χ0) is 23.9. The molecule has 2 amide bonds. The van der Waals surface area contributed by atoms with Gasteiger partial charge in [0.15, 0.2) is 5.76 Å². The zero-order valence-electron chi connectivity index (χ0n) is 18.8. The summed E-state index contributed by atoms with van der Waals surface area (Å²) >= 11 is 6.43. The molecule has 0 aliphatic rings. The highest BCUT2D eigenvalue weighted by Crippen LogP contribution is 2.28. The zero-order valence-corrected chi connectivity index (χ0v) is 19.5. The number of benzene rings is 2. The fourth-order valence-electron chi connectivity index (χ4n) is 3.54. The van der Waals surface area contributed by atoms with Crippen LogP contribution in [0.2, 0.25) is 5.02 Å². The first-order chi connectivity index (χ1) is 16.6. The molecule has 0 saturated heterocycles. The normalized spacial score (nSPS) is 10.8. The van der Waals surface area contributed by atoms with Gasteiger partial charge in [-0.1, -0.05) is 67.4 Å². The van der Waals surface area contributed by atoms with E-state index in [-0.39, 0.29) is 24.1 Å². The fourth-order valence-corrected chi connectivity index (χ4v) is 3.76. The number of nitrogens with zero attached hydrogens (tertiary/aromatic N) is 3. The third-order valence-electron chi connectivity index (χ3n) is 5.26. The molecule has 1 N–H and O–H groups in total. The number of carbonyl (C=O) groups is 2. The number of anilines is 1. The third-order valence-corrected chi connectivity index (χ3v) is 5.58. The van der Waals surface area contributed by atoms with Gasteiger partial charge in [-0.3, -0.25) is 9.59 Å². The summed E-state index contributed by atoms with van der Waals surface area (Å²) in [4.78, 5) is 27.4. The van der Waals surface area contributed by atoms with Crippen LogP contribution in [0.3, 0.4) is 0 Å². The smallest absolute Gasteiger partial charge is 0.290 e. The Hall–Kier alpha value is -3.84. The molecule has 174 valence electrons. The number of furan rings is 1. The van der Waals surface area contributed by atoms with Gasteiger partial charge < -0.3 is 14.6 Å². The lowest BCUT2D eigenvalue weighted by Gasteiger charge is -2.21. The van der Waals surface area contributed by atoms with Crippen molar-refractivity contribution in [2.24, 2.45) is 0 Å². The van der Waals surface area contributed by atoms with E-state index in [1.807, 2.05) is 55.5 Å². The Morgan fingerprint density at radius 3 is 2.53 bits per heavy atom. The first-order valence-electron chi connectivity index (χ1n) is 11.1. The molecule has 2 aromatic carbocycles. The van der Waals surface area contributed by atoms with Crippen LogP contribution in [0.5, 0.6) is 0 Å². The number of carbonyl (C=O) groups excluding carboxylic acids is 2. The second kappa shape index (κ2) is 10.9. The molecular weight excluding hydrogens is 452 g/mol. The summed E-state index contributed by atoms with van der Waals surface area (Å²) in [5, 5.41) is 8.10. The van der Waals surface area contributed by atoms with Crippen LogP contribution in [0.25, 0.3) is 16.9 Å². The molecule has 0 aliphatic heterocycles. The number of unbranched alkanes of at least 4 members (excludes halogenated alkanes) is 1. The Labute approximate surface area is 202 Å². The van der Waals surface area contributed by atoms with Crippen LogP contribution in [0, 0.1) is 0 Å². The summed E-state index contributed by atoms with van der Waals surface area (Å²) < 4.78 is 6.85. The molecule has 0 atom stereocenters. The van der Waals surface area contributed by atoms with Gasteiger partial charge in [0.05, 0.1) is 22.7 Å². The van der Waals surface area contributed by atoms with Gasteiger partial charge in [-0.15, -0.1) is 0 Å². The van der Waals surface area contributed by atoms with Crippen LogP contribution in [0.4, 0.5) is 5.82 Å². The average molecular weight is 477 g/mol. The molecule has 8 heteroatoms. The average Bonchev–Trinajstić information content (AvgIpc) is 3.53. The van der Waals surface area contributed by atoms with E-state index in [2.05, 4.69) is 5.32 Å². The summed E-state index contributed by atoms with van der Waals surface area (Å²) in [5.41, 5.74) is 2.22. The maximum Gasteiger partial charge on any atom is 0.290 e. The summed E-state index contributed by atoms with van der Waals surface area (Å²) in [5.74, 6) is -0.00349. The number of hydrogen-bond donors (Lipinski definition) is 1. The minimum Gasteiger partial charge on any atom is -0.459 e. The van der Waals surface area contributed by atoms with E-state index in [0.29, 0.717) is 28.8 Å². The van der Waals surface area contributed by atoms with Crippen molar-refractivity contribution >= 4 is 29.2 Å². The van der Waals surface area contributed by atoms with Crippen molar-refractivity contribution in [2.45, 2.75) is 19.8 Å². The van der Waals surface area contributed by atoms with Gasteiger partial charge in [0, 0.05) is 18.2 Å². The van der Waals surface area contributed by atoms with E-state index in [4.69, 9.17) is 21.1 Å². The fraction of sp³-hybridized carbons (Fsp3) is 0.192. The number of amides is 2. The molecule has 2 heterocycles. The maximum atomic E-state index is 13.1. The number of rotatable bonds is 9. The molecule has 0 bridgehead atoms. The van der Waals surface area contributed by atoms with E-state index in [1.165, 1.54) is 11.2 Å². The lowest BCUT2D eigenvalue weighted by molar-refractivity contribution is -0.117. The monoisotopic (exact) mass is 476 g/mol. The van der Waals surface area contributed by atoms with E-state index in [1.54, 1.807) is 28.9 Å². The van der Waals surface area contributed by atoms with Gasteiger partial charge in [0.25, 0.3) is 5.91 Å². The standard InChI is InChI=1S/C26H25ClN4O3/c1-2-3-15-30(26(33)23-14-9-16-34-23)18-25(32)28-24-17-21(19-10-5-4-6-11-19)29-31(24)22-13-8-7-12-20(22)27/h4-14,16-17H,2-3,15,18H2,1H3,(H,28,32). The molecule has 0 spiro atoms. The van der Waals surface area contributed by atoms with Crippen molar-refractivity contribution in [2.75, 3.05) is 18.4 Å². The van der Waals surface area contributed by atoms with E-state index in [0.717, 1.165) is 18.4 Å². The van der Waals surface area contributed by atoms with Crippen LogP contribution >= 0.6 is 11.6 Å². The number of halogens is 1. The van der Waals surface area contributed by atoms with Crippen molar-refractivity contribution in [1.29, 1.82) is 0 Å². The Kier molecular flexibility index (Phi) is 7.44. The van der Waals surface area contributed by atoms with Crippen LogP contribution < -0.4 is 5.32 Å². The summed E-state index contributed by atoms with van der Waals surface area (Å²) in [6.45, 7) is 2.36. The number of para-hydroxylation sites is 1. The van der Waals surface area contributed by atoms with Gasteiger partial charge in [0.2, 0.25) is 5.91 Å². The summed E-state index contributed by atoms with van der Waals surface area (Å²) in [7, 11) is 0. The van der Waals surface area contributed by atoms with Gasteiger partial charge >= 0.3 is 0 Å². The minimum atomic E-state index is -0.344. The Bertz CT molecular complexity index is 1250. The molecule has 0 unspecified atom stereocenters. The van der Waals surface area contributed by atoms with E-state index < -0.39 is 0 Å². The van der Waals surface area contributed by atoms with E-state index >= 15 is 0 Å². The Morgan fingerprint density at radius 2 is 1.82 bits per heavy atom. The van der Waals surface area contributed by atoms with Crippen LogP contribution in [0.1, 0.15) is 30.3 Å². The highest BCUT2D eigenvalue weighted by molar-refractivity contribution is 6.32. The van der Waals surface area contributed by atoms with Crippen molar-refractivity contribution in [1.82, 2.24) is 14.7 Å². The summed E-state index contributed by atoms with van der Waals surface area (Å²) in [6, 6.07) is 22.0. The highest BCUT2D eigenvalue weighted by atomic mass is 35.5. The first kappa shape index (κ1) is 23.3. The van der Waals surface area contributed by atoms with Gasteiger partial charge in [-0.2, -0.15) is 5.10 Å². The molecule has 0 fully saturated rings. The van der Waals surface area contributed by atoms with Gasteiger partial charge in [-0.25, -0.2) is 4.68 Å². The number of hydrogen-bond acceptors (Lipinski definition) is 4. The Balaban J connectivity index is 1.61. The van der Waals surface area contributed by atoms with Crippen molar-refractivity contribution < 1.29 is 14.0 Å². The largest absolute Gasteiger partial charge is 0.459 e. The maximum absolute atomic E-state index is 13.1. The van der Waals surface area contributed by atoms with Crippen molar-refractivity contribution in [3.05, 3.63) is 89.8 Å². The molecule has 0 aliphatic carbocycles. The van der Waals surface area contributed by atoms with Gasteiger partial charge in [0.1, 0.15) is 12.4 Å². The quantitative estimate of drug-likeness (QED) is 0.337. The topological polar surface area (TPSA) is 80.4 Å². The first-order valence-corrected chi connectivity index (χ1v) is 11.5. The van der Waals surface area contributed by atoms with Crippen LogP contribution in [-0.4, -0.2) is 39.6 Å². The second-order valence-electron chi connectivity index (χ2n) is 7.75. The second-order valence-corrected chi connectivity index (χ2v) is 8.16. The molecule has 4 rings (SSSR count). The molecule has 7 nitrogen and oxygen atoms in total. The highest BCUT2D eigenvalue weighted by Gasteiger charge is 2.22. The predicted molar refractivity (Wildman–Crippen MR) is 132 cm³/mol. The molecule has 0 radical (unpaired) electrons. The Morgan fingerprint density at radius 1 is 1.06 bits per heavy atom. The molecule has 2 aromatic heterocycles. The third kappa shape index (κ3) is 5.38. The van der Waals surface area contributed by atoms with Gasteiger partial charge in [-0.05, 0) is 30.7 Å². The molecule has 4 aromatic rings. The number of aromatic nitrogens is 2. The predicted octanol–water partition coefficient (Wildman–Crippen LogP) is 5.67. The summed E-state index contributed by atoms with van der Waals surface area (Å²) in [6.07, 6.45) is 3.11. The molecular formula is C26H25ClN4O3. The number of nitrogens with one attached hydrogen (secondary N) is 1. The molecule has 0 saturated carbocycles. The van der Waals surface area contributed by atoms with Crippen LogP contribution in [0.15, 0.2) is 83.5 Å². The SMILES string of the molecule is CCCCN(CC(=O)Nc1cc(-c2ccccc2)nn1-c1ccccc1Cl)C(=O)c1ccco1. The van der Waals surface area contributed by atoms with E-state index in [9.17, 15) is 9.59 Å². The van der Waals surface area contributed by atoms with Crippen molar-refractivity contribution in [3.8, 4) is 16.9 Å². The van der Waals surface area contributed by atoms with Crippen molar-refractivity contribution in [3.63, 3.8) is 0 Å². The molecule has 34 heavy (non-hydrogen) atoms. The lowest BCUT2D eigenvalue weighted by Crippen LogP contribution is -2.38.